The molecule has 16 heavy (non-hydrogen) atoms. The van der Waals surface area contributed by atoms with Crippen molar-refractivity contribution in [2.45, 2.75) is 44.9 Å². The fraction of sp³-hybridized carbons (Fsp3) is 0.786. The van der Waals surface area contributed by atoms with Gasteiger partial charge in [0.15, 0.2) is 0 Å². The summed E-state index contributed by atoms with van der Waals surface area (Å²) in [5.74, 6) is 0.712. The van der Waals surface area contributed by atoms with Crippen molar-refractivity contribution < 1.29 is 4.79 Å². The van der Waals surface area contributed by atoms with Gasteiger partial charge in [0.2, 0.25) is 5.91 Å². The largest absolute Gasteiger partial charge is 0.346 e. The third-order valence-corrected chi connectivity index (χ3v) is 4.29. The predicted octanol–water partition coefficient (Wildman–Crippen LogP) is 2.99. The number of allylic oxidation sites excluding steroid dienone is 1. The van der Waals surface area contributed by atoms with Gasteiger partial charge < -0.3 is 4.90 Å². The third kappa shape index (κ3) is 2.47. The molecule has 2 heteroatoms. The van der Waals surface area contributed by atoms with Gasteiger partial charge in [0.05, 0.1) is 0 Å². The number of hydrogen-bond acceptors (Lipinski definition) is 1. The van der Waals surface area contributed by atoms with Crippen LogP contribution < -0.4 is 0 Å². The Bertz CT molecular complexity index is 280. The lowest BCUT2D eigenvalue weighted by molar-refractivity contribution is -0.134. The molecular weight excluding hydrogens is 198 g/mol. The smallest absolute Gasteiger partial charge is 0.225 e. The minimum atomic E-state index is 0.330. The van der Waals surface area contributed by atoms with Crippen molar-refractivity contribution in [2.24, 2.45) is 11.3 Å². The Labute approximate surface area is 98.7 Å². The summed E-state index contributed by atoms with van der Waals surface area (Å²) in [7, 11) is 1.95. The van der Waals surface area contributed by atoms with Gasteiger partial charge in [-0.25, -0.2) is 0 Å². The summed E-state index contributed by atoms with van der Waals surface area (Å²) in [5, 5.41) is 0. The van der Waals surface area contributed by atoms with Gasteiger partial charge in [-0.3, -0.25) is 4.79 Å². The van der Waals surface area contributed by atoms with Crippen LogP contribution in [0.25, 0.3) is 0 Å². The molecule has 0 bridgehead atoms. The molecule has 90 valence electrons. The number of rotatable bonds is 5. The molecule has 2 saturated carbocycles. The van der Waals surface area contributed by atoms with Crippen molar-refractivity contribution in [3.05, 3.63) is 12.7 Å². The highest BCUT2D eigenvalue weighted by molar-refractivity contribution is 5.79. The Morgan fingerprint density at radius 2 is 2.25 bits per heavy atom. The van der Waals surface area contributed by atoms with E-state index in [0.29, 0.717) is 17.2 Å². The maximum atomic E-state index is 12.2. The molecule has 0 aromatic heterocycles. The average Bonchev–Trinajstić information content (AvgIpc) is 2.88. The fourth-order valence-corrected chi connectivity index (χ4v) is 2.94. The van der Waals surface area contributed by atoms with E-state index in [1.807, 2.05) is 18.0 Å². The minimum Gasteiger partial charge on any atom is -0.346 e. The summed E-state index contributed by atoms with van der Waals surface area (Å²) in [6.45, 7) is 4.59. The van der Waals surface area contributed by atoms with Crippen LogP contribution >= 0.6 is 0 Å². The average molecular weight is 221 g/mol. The first kappa shape index (κ1) is 11.7. The molecule has 0 N–H and O–H groups in total. The summed E-state index contributed by atoms with van der Waals surface area (Å²) in [4.78, 5) is 14.1. The second kappa shape index (κ2) is 4.60. The number of hydrogen-bond donors (Lipinski definition) is 0. The lowest BCUT2D eigenvalue weighted by Crippen LogP contribution is -2.32. The molecule has 0 aromatic carbocycles. The number of nitrogens with zero attached hydrogens (tertiary/aromatic N) is 1. The first-order chi connectivity index (χ1) is 7.67. The lowest BCUT2D eigenvalue weighted by atomic mass is 10.0. The van der Waals surface area contributed by atoms with Gasteiger partial charge in [0.25, 0.3) is 0 Å². The highest BCUT2D eigenvalue weighted by Gasteiger charge is 2.50. The molecule has 0 aliphatic heterocycles. The van der Waals surface area contributed by atoms with Crippen LogP contribution in [0.5, 0.6) is 0 Å². The van der Waals surface area contributed by atoms with E-state index >= 15 is 0 Å². The van der Waals surface area contributed by atoms with Gasteiger partial charge in [0, 0.05) is 19.5 Å². The van der Waals surface area contributed by atoms with Crippen LogP contribution in [0.15, 0.2) is 12.7 Å². The highest BCUT2D eigenvalue weighted by atomic mass is 16.2. The molecule has 1 atom stereocenters. The molecule has 0 saturated heterocycles. The first-order valence-electron chi connectivity index (χ1n) is 6.53. The summed E-state index contributed by atoms with van der Waals surface area (Å²) >= 11 is 0. The van der Waals surface area contributed by atoms with E-state index in [1.54, 1.807) is 0 Å². The molecule has 0 radical (unpaired) electrons. The van der Waals surface area contributed by atoms with Gasteiger partial charge >= 0.3 is 0 Å². The van der Waals surface area contributed by atoms with Gasteiger partial charge in [-0.1, -0.05) is 6.08 Å². The van der Waals surface area contributed by atoms with Crippen LogP contribution in [0.3, 0.4) is 0 Å². The van der Waals surface area contributed by atoms with Crippen molar-refractivity contribution in [2.75, 3.05) is 13.6 Å². The van der Waals surface area contributed by atoms with Crippen LogP contribution in [0.1, 0.15) is 44.9 Å². The Morgan fingerprint density at radius 3 is 2.81 bits per heavy atom. The molecule has 0 heterocycles. The lowest BCUT2D eigenvalue weighted by Gasteiger charge is -2.21. The Hall–Kier alpha value is -0.790. The van der Waals surface area contributed by atoms with E-state index < -0.39 is 0 Å². The summed E-state index contributed by atoms with van der Waals surface area (Å²) in [6.07, 6.45) is 10.3. The second-order valence-electron chi connectivity index (χ2n) is 5.63. The summed E-state index contributed by atoms with van der Waals surface area (Å²) in [6, 6.07) is 0. The fourth-order valence-electron chi connectivity index (χ4n) is 2.94. The summed E-state index contributed by atoms with van der Waals surface area (Å²) in [5.41, 5.74) is 0.613. The van der Waals surface area contributed by atoms with E-state index in [2.05, 4.69) is 6.58 Å². The summed E-state index contributed by atoms with van der Waals surface area (Å²) < 4.78 is 0. The van der Waals surface area contributed by atoms with Gasteiger partial charge in [-0.15, -0.1) is 6.58 Å². The van der Waals surface area contributed by atoms with Crippen molar-refractivity contribution >= 4 is 5.91 Å². The Balaban J connectivity index is 1.76. The Morgan fingerprint density at radius 1 is 1.50 bits per heavy atom. The topological polar surface area (TPSA) is 20.3 Å². The molecule has 2 aliphatic carbocycles. The number of amides is 1. The molecule has 0 aromatic rings. The minimum absolute atomic E-state index is 0.330. The van der Waals surface area contributed by atoms with Crippen LogP contribution in [0.2, 0.25) is 0 Å². The number of carbonyl (C=O) groups is 1. The van der Waals surface area contributed by atoms with Crippen LogP contribution in [-0.2, 0) is 4.79 Å². The molecule has 2 fully saturated rings. The third-order valence-electron chi connectivity index (χ3n) is 4.29. The monoisotopic (exact) mass is 221 g/mol. The normalized spacial score (nSPS) is 25.7. The van der Waals surface area contributed by atoms with E-state index in [-0.39, 0.29) is 0 Å². The van der Waals surface area contributed by atoms with Crippen molar-refractivity contribution in [1.29, 1.82) is 0 Å². The van der Waals surface area contributed by atoms with E-state index in [1.165, 1.54) is 19.3 Å². The van der Waals surface area contributed by atoms with Crippen LogP contribution in [0, 0.1) is 11.3 Å². The predicted molar refractivity (Wildman–Crippen MR) is 66.1 cm³/mol. The molecule has 0 unspecified atom stereocenters. The molecular formula is C14H23NO. The van der Waals surface area contributed by atoms with Crippen molar-refractivity contribution in [3.8, 4) is 0 Å². The molecule has 1 amide bonds. The number of carbonyl (C=O) groups excluding carboxylic acids is 1. The molecule has 2 rings (SSSR count). The quantitative estimate of drug-likeness (QED) is 0.516. The zero-order chi connectivity index (χ0) is 11.6. The van der Waals surface area contributed by atoms with E-state index in [0.717, 1.165) is 32.2 Å². The zero-order valence-corrected chi connectivity index (χ0v) is 10.4. The zero-order valence-electron chi connectivity index (χ0n) is 10.4. The first-order valence-corrected chi connectivity index (χ1v) is 6.53. The maximum absolute atomic E-state index is 12.2. The Kier molecular flexibility index (Phi) is 3.36. The van der Waals surface area contributed by atoms with E-state index in [9.17, 15) is 4.79 Å². The van der Waals surface area contributed by atoms with Gasteiger partial charge in [-0.2, -0.15) is 0 Å². The van der Waals surface area contributed by atoms with Crippen molar-refractivity contribution in [3.63, 3.8) is 0 Å². The number of unbranched alkanes of at least 4 members (excludes halogenated alkanes) is 1. The van der Waals surface area contributed by atoms with Gasteiger partial charge in [-0.05, 0) is 50.4 Å². The molecule has 2 nitrogen and oxygen atoms in total. The SMILES string of the molecule is C=CCCCN(C)C(=O)[C@H]1CCC2(CC2)C1. The molecule has 1 spiro atoms. The highest BCUT2D eigenvalue weighted by Crippen LogP contribution is 2.59. The molecule has 2 aliphatic rings. The van der Waals surface area contributed by atoms with Gasteiger partial charge in [0.1, 0.15) is 0 Å². The maximum Gasteiger partial charge on any atom is 0.225 e. The van der Waals surface area contributed by atoms with E-state index in [4.69, 9.17) is 0 Å². The van der Waals surface area contributed by atoms with Crippen LogP contribution in [-0.4, -0.2) is 24.4 Å². The standard InChI is InChI=1S/C14H23NO/c1-3-4-5-10-15(2)13(16)12-6-7-14(11-12)8-9-14/h3,12H,1,4-11H2,2H3/t12-/m0/s1. The van der Waals surface area contributed by atoms with Crippen LogP contribution in [0.4, 0.5) is 0 Å². The second-order valence-corrected chi connectivity index (χ2v) is 5.63. The van der Waals surface area contributed by atoms with Crippen molar-refractivity contribution in [1.82, 2.24) is 4.90 Å².